The van der Waals surface area contributed by atoms with Crippen molar-refractivity contribution in [2.45, 2.75) is 38.0 Å². The van der Waals surface area contributed by atoms with Crippen LogP contribution in [-0.4, -0.2) is 32.4 Å². The molecule has 1 fully saturated rings. The van der Waals surface area contributed by atoms with Crippen molar-refractivity contribution in [3.8, 4) is 6.07 Å². The molecule has 7 nitrogen and oxygen atoms in total. The molecule has 23 heavy (non-hydrogen) atoms. The van der Waals surface area contributed by atoms with Crippen LogP contribution in [0, 0.1) is 11.3 Å². The topological polar surface area (TPSA) is 97.1 Å². The molecule has 3 unspecified atom stereocenters. The van der Waals surface area contributed by atoms with Crippen molar-refractivity contribution < 1.29 is 14.3 Å². The molecular formula is C16H16N4O3. The molecule has 3 aromatic rings. The highest BCUT2D eigenvalue weighted by Crippen LogP contribution is 2.34. The molecule has 3 aromatic heterocycles. The SMILES string of the molecule is CC(O)c1nc2cnc3ccoc3c2n1C1CCC(C#N)OC1. The largest absolute Gasteiger partial charge is 0.460 e. The first-order valence-electron chi connectivity index (χ1n) is 7.62. The molecule has 0 bridgehead atoms. The smallest absolute Gasteiger partial charge is 0.178 e. The van der Waals surface area contributed by atoms with Gasteiger partial charge in [0, 0.05) is 6.07 Å². The zero-order valence-corrected chi connectivity index (χ0v) is 12.6. The zero-order chi connectivity index (χ0) is 16.0. The van der Waals surface area contributed by atoms with Crippen molar-refractivity contribution in [1.82, 2.24) is 14.5 Å². The molecule has 0 saturated carbocycles. The van der Waals surface area contributed by atoms with Crippen LogP contribution in [0.4, 0.5) is 0 Å². The van der Waals surface area contributed by atoms with Gasteiger partial charge in [-0.3, -0.25) is 4.98 Å². The summed E-state index contributed by atoms with van der Waals surface area (Å²) in [6.45, 7) is 2.10. The minimum Gasteiger partial charge on any atom is -0.460 e. The number of aliphatic hydroxyl groups excluding tert-OH is 1. The average Bonchev–Trinajstić information content (AvgIpc) is 3.18. The number of furan rings is 1. The number of nitriles is 1. The fraction of sp³-hybridized carbons (Fsp3) is 0.438. The van der Waals surface area contributed by atoms with E-state index in [1.165, 1.54) is 0 Å². The van der Waals surface area contributed by atoms with Gasteiger partial charge in [0.25, 0.3) is 0 Å². The van der Waals surface area contributed by atoms with Gasteiger partial charge in [-0.2, -0.15) is 5.26 Å². The summed E-state index contributed by atoms with van der Waals surface area (Å²) in [6.07, 6.45) is 3.65. The number of fused-ring (bicyclic) bond motifs is 3. The maximum absolute atomic E-state index is 10.1. The normalized spacial score (nSPS) is 23.2. The van der Waals surface area contributed by atoms with Crippen LogP contribution in [0.15, 0.2) is 22.9 Å². The Hall–Kier alpha value is -2.43. The van der Waals surface area contributed by atoms with Crippen LogP contribution in [0.3, 0.4) is 0 Å². The van der Waals surface area contributed by atoms with E-state index in [1.54, 1.807) is 25.5 Å². The highest BCUT2D eigenvalue weighted by atomic mass is 16.5. The number of pyridine rings is 1. The number of hydrogen-bond donors (Lipinski definition) is 1. The third-order valence-corrected chi connectivity index (χ3v) is 4.29. The van der Waals surface area contributed by atoms with E-state index in [1.807, 2.05) is 4.57 Å². The van der Waals surface area contributed by atoms with E-state index in [4.69, 9.17) is 14.4 Å². The summed E-state index contributed by atoms with van der Waals surface area (Å²) in [5.41, 5.74) is 2.91. The Balaban J connectivity index is 1.90. The summed E-state index contributed by atoms with van der Waals surface area (Å²) in [4.78, 5) is 8.85. The van der Waals surface area contributed by atoms with Crippen LogP contribution < -0.4 is 0 Å². The summed E-state index contributed by atoms with van der Waals surface area (Å²) in [5.74, 6) is 0.565. The minimum absolute atomic E-state index is 0.00454. The zero-order valence-electron chi connectivity index (χ0n) is 12.6. The van der Waals surface area contributed by atoms with Crippen LogP contribution in [0.1, 0.15) is 37.7 Å². The Morgan fingerprint density at radius 2 is 2.30 bits per heavy atom. The Kier molecular flexibility index (Phi) is 3.29. The van der Waals surface area contributed by atoms with Gasteiger partial charge >= 0.3 is 0 Å². The second-order valence-corrected chi connectivity index (χ2v) is 5.83. The Morgan fingerprint density at radius 1 is 1.43 bits per heavy atom. The molecule has 0 amide bonds. The van der Waals surface area contributed by atoms with E-state index >= 15 is 0 Å². The number of imidazole rings is 1. The molecule has 0 aromatic carbocycles. The standard InChI is InChI=1S/C16H16N4O3/c1-9(21)16-19-13-7-18-12-4-5-22-15(12)14(13)20(16)10-2-3-11(6-17)23-8-10/h4-5,7,9-11,21H,2-3,8H2,1H3. The average molecular weight is 312 g/mol. The van der Waals surface area contributed by atoms with Crippen molar-refractivity contribution in [2.24, 2.45) is 0 Å². The van der Waals surface area contributed by atoms with E-state index in [0.717, 1.165) is 17.5 Å². The van der Waals surface area contributed by atoms with Crippen molar-refractivity contribution in [2.75, 3.05) is 6.61 Å². The number of nitrogens with zero attached hydrogens (tertiary/aromatic N) is 4. The predicted molar refractivity (Wildman–Crippen MR) is 81.6 cm³/mol. The van der Waals surface area contributed by atoms with Crippen molar-refractivity contribution in [3.05, 3.63) is 24.4 Å². The lowest BCUT2D eigenvalue weighted by molar-refractivity contribution is 0.0178. The van der Waals surface area contributed by atoms with E-state index < -0.39 is 6.10 Å². The predicted octanol–water partition coefficient (Wildman–Crippen LogP) is 2.47. The number of ether oxygens (including phenoxy) is 1. The van der Waals surface area contributed by atoms with Gasteiger partial charge in [-0.15, -0.1) is 0 Å². The minimum atomic E-state index is -0.721. The van der Waals surface area contributed by atoms with Crippen LogP contribution in [0.2, 0.25) is 0 Å². The lowest BCUT2D eigenvalue weighted by atomic mass is 10.0. The van der Waals surface area contributed by atoms with Gasteiger partial charge in [0.1, 0.15) is 34.6 Å². The van der Waals surface area contributed by atoms with Gasteiger partial charge in [0.15, 0.2) is 5.58 Å². The molecule has 1 saturated heterocycles. The van der Waals surface area contributed by atoms with E-state index in [2.05, 4.69) is 16.0 Å². The van der Waals surface area contributed by atoms with Gasteiger partial charge < -0.3 is 18.8 Å². The molecule has 0 aliphatic carbocycles. The van der Waals surface area contributed by atoms with Gasteiger partial charge in [-0.05, 0) is 19.8 Å². The first-order valence-corrected chi connectivity index (χ1v) is 7.62. The number of hydrogen-bond acceptors (Lipinski definition) is 6. The summed E-state index contributed by atoms with van der Waals surface area (Å²) >= 11 is 0. The van der Waals surface area contributed by atoms with Crippen molar-refractivity contribution in [3.63, 3.8) is 0 Å². The van der Waals surface area contributed by atoms with Crippen LogP contribution >= 0.6 is 0 Å². The van der Waals surface area contributed by atoms with Gasteiger partial charge in [0.05, 0.1) is 31.2 Å². The second-order valence-electron chi connectivity index (χ2n) is 5.83. The number of aromatic nitrogens is 3. The summed E-state index contributed by atoms with van der Waals surface area (Å²) in [6, 6.07) is 3.95. The Labute approximate surface area is 132 Å². The number of aliphatic hydroxyl groups is 1. The molecule has 0 spiro atoms. The molecule has 0 radical (unpaired) electrons. The van der Waals surface area contributed by atoms with Gasteiger partial charge in [0.2, 0.25) is 0 Å². The molecule has 7 heteroatoms. The summed E-state index contributed by atoms with van der Waals surface area (Å²) in [5, 5.41) is 19.1. The van der Waals surface area contributed by atoms with Gasteiger partial charge in [-0.25, -0.2) is 4.98 Å². The maximum Gasteiger partial charge on any atom is 0.178 e. The molecular weight excluding hydrogens is 296 g/mol. The van der Waals surface area contributed by atoms with Crippen molar-refractivity contribution in [1.29, 1.82) is 5.26 Å². The van der Waals surface area contributed by atoms with Gasteiger partial charge in [-0.1, -0.05) is 0 Å². The van der Waals surface area contributed by atoms with Crippen LogP contribution in [0.25, 0.3) is 22.1 Å². The molecule has 4 rings (SSSR count). The molecule has 1 aliphatic heterocycles. The van der Waals surface area contributed by atoms with Crippen molar-refractivity contribution >= 4 is 22.1 Å². The van der Waals surface area contributed by atoms with Crippen LogP contribution in [-0.2, 0) is 4.74 Å². The fourth-order valence-corrected chi connectivity index (χ4v) is 3.20. The lowest BCUT2D eigenvalue weighted by Gasteiger charge is -2.28. The molecule has 4 heterocycles. The Morgan fingerprint density at radius 3 is 3.00 bits per heavy atom. The third-order valence-electron chi connectivity index (χ3n) is 4.29. The summed E-state index contributed by atoms with van der Waals surface area (Å²) < 4.78 is 13.2. The lowest BCUT2D eigenvalue weighted by Crippen LogP contribution is -2.28. The van der Waals surface area contributed by atoms with E-state index in [-0.39, 0.29) is 12.1 Å². The Bertz CT molecular complexity index is 897. The highest BCUT2D eigenvalue weighted by Gasteiger charge is 2.29. The van der Waals surface area contributed by atoms with E-state index in [0.29, 0.717) is 30.0 Å². The first-order chi connectivity index (χ1) is 11.2. The monoisotopic (exact) mass is 312 g/mol. The van der Waals surface area contributed by atoms with Crippen LogP contribution in [0.5, 0.6) is 0 Å². The molecule has 118 valence electrons. The quantitative estimate of drug-likeness (QED) is 0.780. The first kappa shape index (κ1) is 14.2. The molecule has 3 atom stereocenters. The maximum atomic E-state index is 10.1. The van der Waals surface area contributed by atoms with E-state index in [9.17, 15) is 5.11 Å². The second kappa shape index (κ2) is 5.33. The number of rotatable bonds is 2. The molecule has 1 N–H and O–H groups in total. The third kappa shape index (κ3) is 2.19. The highest BCUT2D eigenvalue weighted by molar-refractivity contribution is 5.98. The summed E-state index contributed by atoms with van der Waals surface area (Å²) in [7, 11) is 0. The molecule has 1 aliphatic rings. The fourth-order valence-electron chi connectivity index (χ4n) is 3.20.